The summed E-state index contributed by atoms with van der Waals surface area (Å²) >= 11 is 0. The summed E-state index contributed by atoms with van der Waals surface area (Å²) in [6, 6.07) is 2.89. The van der Waals surface area contributed by atoms with Crippen molar-refractivity contribution < 1.29 is 58.2 Å². The van der Waals surface area contributed by atoms with Gasteiger partial charge in [-0.1, -0.05) is 12.1 Å². The van der Waals surface area contributed by atoms with Gasteiger partial charge in [0.2, 0.25) is 5.78 Å². The van der Waals surface area contributed by atoms with Gasteiger partial charge < -0.3 is 45.5 Å². The van der Waals surface area contributed by atoms with Gasteiger partial charge in [-0.15, -0.1) is 0 Å². The molecule has 12 heteroatoms. The highest BCUT2D eigenvalue weighted by molar-refractivity contribution is 6.31. The van der Waals surface area contributed by atoms with Crippen LogP contribution in [0.15, 0.2) is 18.2 Å². The Morgan fingerprint density at radius 2 is 1.92 bits per heavy atom. The van der Waals surface area contributed by atoms with Gasteiger partial charge in [-0.05, 0) is 13.0 Å². The average molecular weight is 548 g/mol. The van der Waals surface area contributed by atoms with Gasteiger partial charge in [0.25, 0.3) is 0 Å². The van der Waals surface area contributed by atoms with E-state index in [4.69, 9.17) is 24.1 Å². The van der Waals surface area contributed by atoms with Crippen molar-refractivity contribution in [3.63, 3.8) is 0 Å². The number of nitrogens with two attached hydrogens (primary N) is 1. The normalized spacial score (nSPS) is 31.3. The van der Waals surface area contributed by atoms with Crippen molar-refractivity contribution in [2.45, 2.75) is 62.4 Å². The molecule has 1 fully saturated rings. The molecule has 0 unspecified atom stereocenters. The van der Waals surface area contributed by atoms with Crippen LogP contribution in [0.2, 0.25) is 0 Å². The molecule has 1 aliphatic heterocycles. The lowest BCUT2D eigenvalue weighted by molar-refractivity contribution is -0.247. The van der Waals surface area contributed by atoms with Crippen molar-refractivity contribution in [3.05, 3.63) is 51.6 Å². The second-order valence-electron chi connectivity index (χ2n) is 10.1. The number of carbonyl (C=O) groups excluding carboxylic acids is 3. The number of aromatic hydroxyl groups is 2. The second-order valence-corrected chi connectivity index (χ2v) is 10.1. The number of fused-ring (bicyclic) bond motifs is 3. The number of ether oxygens (including phenoxy) is 3. The fourth-order valence-electron chi connectivity index (χ4n) is 5.67. The fraction of sp³-hybridized carbons (Fsp3) is 0.444. The Bertz CT molecular complexity index is 1480. The molecule has 1 saturated heterocycles. The first-order valence-corrected chi connectivity index (χ1v) is 12.2. The largest absolute Gasteiger partial charge is 0.507 e. The molecule has 0 spiro atoms. The molecule has 5 rings (SSSR count). The van der Waals surface area contributed by atoms with E-state index in [0.29, 0.717) is 0 Å². The smallest absolute Gasteiger partial charge is 0.202 e. The predicted molar refractivity (Wildman–Crippen MR) is 132 cm³/mol. The molecule has 2 aromatic carbocycles. The Kier molecular flexibility index (Phi) is 5.82. The number of ketones is 3. The van der Waals surface area contributed by atoms with Crippen LogP contribution in [0.25, 0.3) is 0 Å². The minimum Gasteiger partial charge on any atom is -0.507 e. The van der Waals surface area contributed by atoms with Crippen LogP contribution in [0.4, 0.5) is 0 Å². The highest BCUT2D eigenvalue weighted by Gasteiger charge is 2.50. The van der Waals surface area contributed by atoms with Crippen molar-refractivity contribution in [2.24, 2.45) is 5.73 Å². The Balaban J connectivity index is 1.68. The molecule has 0 radical (unpaired) electrons. The average Bonchev–Trinajstić information content (AvgIpc) is 2.90. The number of hydrogen-bond donors (Lipinski definition) is 6. The molecule has 3 aliphatic rings. The second kappa shape index (κ2) is 9.66. The molecule has 0 bridgehead atoms. The van der Waals surface area contributed by atoms with E-state index in [0.717, 1.165) is 0 Å². The number of carbonyl (C=O) groups is 3. The SMILES string of the molecule is [2H][13C]([2H])([2H])Oc1cccc2c1C(=O)c1c(O)c3c(c(O)c1C2=O)C[C@@](O)(C(=O)CO)C[C@@H]3O[C@H]1C[C@H](N)[C@@H](O)[C@H](C)O1. The molecule has 6 atom stereocenters. The zero-order valence-electron chi connectivity index (χ0n) is 23.7. The van der Waals surface area contributed by atoms with Gasteiger partial charge in [0.1, 0.15) is 29.5 Å². The lowest BCUT2D eigenvalue weighted by Gasteiger charge is -2.42. The van der Waals surface area contributed by atoms with E-state index < -0.39 is 114 Å². The van der Waals surface area contributed by atoms with Gasteiger partial charge in [0.05, 0.1) is 46.2 Å². The number of benzene rings is 2. The summed E-state index contributed by atoms with van der Waals surface area (Å²) in [7, 11) is -2.98. The number of Topliss-reactive ketones (excluding diaryl/α,β-unsaturated/α-hetero) is 1. The van der Waals surface area contributed by atoms with Crippen LogP contribution in [0.5, 0.6) is 17.2 Å². The van der Waals surface area contributed by atoms with Crippen molar-refractivity contribution in [1.82, 2.24) is 0 Å². The molecule has 2 aliphatic carbocycles. The molecule has 39 heavy (non-hydrogen) atoms. The van der Waals surface area contributed by atoms with Gasteiger partial charge in [-0.2, -0.15) is 0 Å². The van der Waals surface area contributed by atoms with E-state index >= 15 is 0 Å². The van der Waals surface area contributed by atoms with Gasteiger partial charge in [-0.3, -0.25) is 14.4 Å². The molecule has 0 amide bonds. The molecule has 7 N–H and O–H groups in total. The summed E-state index contributed by atoms with van der Waals surface area (Å²) in [5.74, 6) is -5.05. The maximum atomic E-state index is 13.8. The van der Waals surface area contributed by atoms with Crippen LogP contribution in [0.3, 0.4) is 0 Å². The van der Waals surface area contributed by atoms with E-state index in [-0.39, 0.29) is 23.1 Å². The molecule has 0 saturated carbocycles. The number of methoxy groups -OCH3 is 1. The fourth-order valence-corrected chi connectivity index (χ4v) is 5.67. The Labute approximate surface area is 226 Å². The van der Waals surface area contributed by atoms with Crippen LogP contribution in [0, 0.1) is 0 Å². The van der Waals surface area contributed by atoms with Crippen LogP contribution in [-0.2, 0) is 20.7 Å². The van der Waals surface area contributed by atoms with Gasteiger partial charge in [0, 0.05) is 42.0 Å². The van der Waals surface area contributed by atoms with Crippen LogP contribution in [-0.4, -0.2) is 86.7 Å². The van der Waals surface area contributed by atoms with Gasteiger partial charge in [-0.25, -0.2) is 0 Å². The van der Waals surface area contributed by atoms with Gasteiger partial charge >= 0.3 is 0 Å². The molecule has 0 aromatic heterocycles. The molecular formula is C27H29NO11. The topological polar surface area (TPSA) is 206 Å². The summed E-state index contributed by atoms with van der Waals surface area (Å²) in [6.45, 7) is 0.474. The molecule has 1 heterocycles. The highest BCUT2D eigenvalue weighted by atomic mass is 16.7. The standard InChI is InChI=1S/C27H29NO11/c1-10-22(31)13(28)6-17(38-10)39-15-8-27(36,16(30)9-29)7-12-19(15)26(35)21-20(24(12)33)23(32)11-4-3-5-14(37-2)18(11)25(21)34/h3-5,10,13,15,17,22,29,31,33,35-36H,6-9,28H2,1-2H3/t10-,13-,15-,17-,22-,27-/m0/s1/i2+1D3. The van der Waals surface area contributed by atoms with Crippen molar-refractivity contribution >= 4 is 17.3 Å². The third kappa shape index (κ3) is 4.11. The highest BCUT2D eigenvalue weighted by Crippen LogP contribution is 2.52. The van der Waals surface area contributed by atoms with Gasteiger partial charge in [0.15, 0.2) is 17.9 Å². The first-order chi connectivity index (χ1) is 19.6. The minimum atomic E-state index is -2.98. The number of phenolic OH excluding ortho intramolecular Hbond substituents is 2. The zero-order chi connectivity index (χ0) is 30.9. The number of aliphatic hydroxyl groups excluding tert-OH is 2. The van der Waals surface area contributed by atoms with Crippen LogP contribution in [0.1, 0.15) is 73.0 Å². The summed E-state index contributed by atoms with van der Waals surface area (Å²) in [5.41, 5.74) is 1.16. The first kappa shape index (κ1) is 23.5. The first-order valence-electron chi connectivity index (χ1n) is 13.7. The Hall–Kier alpha value is -3.39. The quantitative estimate of drug-likeness (QED) is 0.184. The monoisotopic (exact) mass is 547 g/mol. The van der Waals surface area contributed by atoms with E-state index in [1.807, 2.05) is 0 Å². The van der Waals surface area contributed by atoms with Crippen molar-refractivity contribution in [2.75, 3.05) is 13.6 Å². The summed E-state index contributed by atoms with van der Waals surface area (Å²) < 4.78 is 38.9. The van der Waals surface area contributed by atoms with Crippen molar-refractivity contribution in [1.29, 1.82) is 0 Å². The van der Waals surface area contributed by atoms with E-state index in [1.54, 1.807) is 6.92 Å². The summed E-state index contributed by atoms with van der Waals surface area (Å²) in [6.07, 6.45) is -5.61. The maximum Gasteiger partial charge on any atom is 0.202 e. The lowest BCUT2D eigenvalue weighted by Crippen LogP contribution is -2.53. The van der Waals surface area contributed by atoms with E-state index in [1.165, 1.54) is 18.2 Å². The van der Waals surface area contributed by atoms with Crippen LogP contribution >= 0.6 is 0 Å². The zero-order valence-corrected chi connectivity index (χ0v) is 20.7. The number of phenols is 2. The predicted octanol–water partition coefficient (Wildman–Crippen LogP) is 0.00130. The Morgan fingerprint density at radius 1 is 1.21 bits per heavy atom. The third-order valence-electron chi connectivity index (χ3n) is 7.70. The van der Waals surface area contributed by atoms with E-state index in [9.17, 15) is 39.9 Å². The number of aliphatic hydroxyl groups is 3. The third-order valence-corrected chi connectivity index (χ3v) is 7.70. The molecule has 12 nitrogen and oxygen atoms in total. The number of rotatable bonds is 5. The molecule has 208 valence electrons. The Morgan fingerprint density at radius 3 is 2.59 bits per heavy atom. The molecule has 2 aromatic rings. The van der Waals surface area contributed by atoms with E-state index in [2.05, 4.69) is 0 Å². The summed E-state index contributed by atoms with van der Waals surface area (Å²) in [5, 5.41) is 53.8. The van der Waals surface area contributed by atoms with Crippen LogP contribution < -0.4 is 10.5 Å². The number of hydrogen-bond acceptors (Lipinski definition) is 12. The molecular weight excluding hydrogens is 515 g/mol. The summed E-state index contributed by atoms with van der Waals surface area (Å²) in [4.78, 5) is 40.0. The minimum absolute atomic E-state index is 0.0397. The lowest BCUT2D eigenvalue weighted by atomic mass is 9.72. The maximum absolute atomic E-state index is 13.8. The van der Waals surface area contributed by atoms with Crippen molar-refractivity contribution in [3.8, 4) is 17.2 Å².